The normalized spacial score (nSPS) is 10.0. The smallest absolute Gasteiger partial charge is 0.221 e. The Kier molecular flexibility index (Phi) is 1.95. The van der Waals surface area contributed by atoms with Crippen LogP contribution in [0, 0.1) is 12.3 Å². The molecule has 14 heavy (non-hydrogen) atoms. The van der Waals surface area contributed by atoms with Crippen LogP contribution in [0.25, 0.3) is 11.0 Å². The second kappa shape index (κ2) is 3.13. The highest BCUT2D eigenvalue weighted by Gasteiger charge is 2.05. The van der Waals surface area contributed by atoms with E-state index in [0.717, 1.165) is 0 Å². The van der Waals surface area contributed by atoms with Crippen LogP contribution in [0.2, 0.25) is 5.15 Å². The Labute approximate surface area is 85.1 Å². The summed E-state index contributed by atoms with van der Waals surface area (Å²) in [5, 5.41) is 0.349. The van der Waals surface area contributed by atoms with Gasteiger partial charge in [0.2, 0.25) is 5.95 Å². The maximum absolute atomic E-state index is 5.72. The molecule has 2 heterocycles. The van der Waals surface area contributed by atoms with Gasteiger partial charge in [0.25, 0.3) is 0 Å². The number of anilines is 1. The average Bonchev–Trinajstić information content (AvgIpc) is 2.17. The number of hydrogen-bond acceptors (Lipinski definition) is 4. The number of nitrogens with zero attached hydrogens (tertiary/aromatic N) is 3. The summed E-state index contributed by atoms with van der Waals surface area (Å²) in [5.41, 5.74) is 6.90. The zero-order valence-electron chi connectivity index (χ0n) is 7.03. The summed E-state index contributed by atoms with van der Waals surface area (Å²) < 4.78 is 0. The van der Waals surface area contributed by atoms with Crippen molar-refractivity contribution in [2.45, 2.75) is 0 Å². The van der Waals surface area contributed by atoms with Gasteiger partial charge in [0.15, 0.2) is 0 Å². The van der Waals surface area contributed by atoms with Crippen molar-refractivity contribution in [2.75, 3.05) is 5.73 Å². The molecule has 0 aliphatic heterocycles. The van der Waals surface area contributed by atoms with Gasteiger partial charge in [0.1, 0.15) is 16.4 Å². The number of aromatic nitrogens is 3. The third-order valence-electron chi connectivity index (χ3n) is 1.66. The van der Waals surface area contributed by atoms with Crippen LogP contribution in [0.4, 0.5) is 5.95 Å². The summed E-state index contributed by atoms with van der Waals surface area (Å²) in [6.07, 6.45) is 5.26. The first-order chi connectivity index (χ1) is 6.70. The van der Waals surface area contributed by atoms with Crippen molar-refractivity contribution in [2.24, 2.45) is 0 Å². The second-order valence-corrected chi connectivity index (χ2v) is 2.96. The number of rotatable bonds is 0. The molecular weight excluding hydrogens is 200 g/mol. The van der Waals surface area contributed by atoms with Crippen molar-refractivity contribution in [3.8, 4) is 12.3 Å². The minimum atomic E-state index is 0.134. The molecule has 0 bridgehead atoms. The van der Waals surface area contributed by atoms with E-state index >= 15 is 0 Å². The molecule has 0 aliphatic rings. The standard InChI is InChI=1S/C9H5ClN4/c1-2-5-8-6(13-9(11)12-5)3-4-7(10)14-8/h1,3-4H,(H2,11,12,13). The van der Waals surface area contributed by atoms with Gasteiger partial charge in [-0.1, -0.05) is 11.6 Å². The van der Waals surface area contributed by atoms with E-state index in [1.807, 2.05) is 0 Å². The van der Waals surface area contributed by atoms with Crippen LogP contribution in [0.15, 0.2) is 12.1 Å². The highest BCUT2D eigenvalue weighted by atomic mass is 35.5. The Balaban J connectivity index is 2.90. The zero-order chi connectivity index (χ0) is 10.1. The predicted octanol–water partition coefficient (Wildman–Crippen LogP) is 1.24. The number of terminal acetylenes is 1. The lowest BCUT2D eigenvalue weighted by atomic mass is 10.3. The van der Waals surface area contributed by atoms with Crippen LogP contribution in [0.5, 0.6) is 0 Å². The van der Waals surface area contributed by atoms with Gasteiger partial charge in [-0.25, -0.2) is 15.0 Å². The fraction of sp³-hybridized carbons (Fsp3) is 0. The van der Waals surface area contributed by atoms with Crippen LogP contribution >= 0.6 is 11.6 Å². The van der Waals surface area contributed by atoms with Gasteiger partial charge >= 0.3 is 0 Å². The molecule has 0 amide bonds. The van der Waals surface area contributed by atoms with Gasteiger partial charge < -0.3 is 5.73 Å². The minimum absolute atomic E-state index is 0.134. The zero-order valence-corrected chi connectivity index (χ0v) is 7.78. The third-order valence-corrected chi connectivity index (χ3v) is 1.87. The second-order valence-electron chi connectivity index (χ2n) is 2.58. The van der Waals surface area contributed by atoms with Gasteiger partial charge in [0, 0.05) is 0 Å². The largest absolute Gasteiger partial charge is 0.368 e. The fourth-order valence-corrected chi connectivity index (χ4v) is 1.26. The number of pyridine rings is 1. The molecule has 2 aromatic heterocycles. The molecule has 2 aromatic rings. The summed E-state index contributed by atoms with van der Waals surface area (Å²) in [4.78, 5) is 11.9. The molecule has 0 saturated carbocycles. The van der Waals surface area contributed by atoms with Crippen molar-refractivity contribution in [3.05, 3.63) is 23.0 Å². The molecule has 2 rings (SSSR count). The van der Waals surface area contributed by atoms with E-state index in [-0.39, 0.29) is 5.95 Å². The summed E-state index contributed by atoms with van der Waals surface area (Å²) in [7, 11) is 0. The number of nitrogens with two attached hydrogens (primary N) is 1. The van der Waals surface area contributed by atoms with Gasteiger partial charge in [-0.15, -0.1) is 6.42 Å². The summed E-state index contributed by atoms with van der Waals surface area (Å²) >= 11 is 5.72. The lowest BCUT2D eigenvalue weighted by Crippen LogP contribution is -1.99. The van der Waals surface area contributed by atoms with Gasteiger partial charge in [-0.2, -0.15) is 0 Å². The Bertz CT molecular complexity index is 544. The minimum Gasteiger partial charge on any atom is -0.368 e. The quantitative estimate of drug-likeness (QED) is 0.518. The van der Waals surface area contributed by atoms with Crippen LogP contribution < -0.4 is 5.73 Å². The molecule has 0 saturated heterocycles. The van der Waals surface area contributed by atoms with Gasteiger partial charge in [-0.05, 0) is 18.1 Å². The predicted molar refractivity (Wildman–Crippen MR) is 54.7 cm³/mol. The van der Waals surface area contributed by atoms with E-state index in [4.69, 9.17) is 23.8 Å². The number of hydrogen-bond donors (Lipinski definition) is 1. The molecule has 0 spiro atoms. The highest BCUT2D eigenvalue weighted by molar-refractivity contribution is 6.29. The Hall–Kier alpha value is -1.86. The molecule has 68 valence electrons. The van der Waals surface area contributed by atoms with E-state index in [1.165, 1.54) is 0 Å². The molecular formula is C9H5ClN4. The lowest BCUT2D eigenvalue weighted by molar-refractivity contribution is 1.19. The molecule has 0 fully saturated rings. The maximum Gasteiger partial charge on any atom is 0.221 e. The molecule has 0 atom stereocenters. The van der Waals surface area contributed by atoms with E-state index in [0.29, 0.717) is 21.9 Å². The first-order valence-electron chi connectivity index (χ1n) is 3.77. The van der Waals surface area contributed by atoms with E-state index in [9.17, 15) is 0 Å². The summed E-state index contributed by atoms with van der Waals surface area (Å²) in [6.45, 7) is 0. The highest BCUT2D eigenvalue weighted by Crippen LogP contribution is 2.16. The summed E-state index contributed by atoms with van der Waals surface area (Å²) in [6, 6.07) is 3.32. The van der Waals surface area contributed by atoms with E-state index < -0.39 is 0 Å². The maximum atomic E-state index is 5.72. The molecule has 5 heteroatoms. The average molecular weight is 205 g/mol. The first kappa shape index (κ1) is 8.73. The number of fused-ring (bicyclic) bond motifs is 1. The number of nitrogen functional groups attached to an aromatic ring is 1. The summed E-state index contributed by atoms with van der Waals surface area (Å²) in [5.74, 6) is 2.52. The monoisotopic (exact) mass is 204 g/mol. The Morgan fingerprint density at radius 1 is 1.29 bits per heavy atom. The third kappa shape index (κ3) is 1.34. The Morgan fingerprint density at radius 3 is 2.79 bits per heavy atom. The van der Waals surface area contributed by atoms with Crippen molar-refractivity contribution in [1.82, 2.24) is 15.0 Å². The van der Waals surface area contributed by atoms with Crippen molar-refractivity contribution in [3.63, 3.8) is 0 Å². The fourth-order valence-electron chi connectivity index (χ4n) is 1.11. The number of halogens is 1. The van der Waals surface area contributed by atoms with Crippen LogP contribution in [-0.2, 0) is 0 Å². The van der Waals surface area contributed by atoms with Crippen molar-refractivity contribution in [1.29, 1.82) is 0 Å². The molecule has 4 nitrogen and oxygen atoms in total. The van der Waals surface area contributed by atoms with Crippen LogP contribution in [0.3, 0.4) is 0 Å². The molecule has 2 N–H and O–H groups in total. The Morgan fingerprint density at radius 2 is 2.07 bits per heavy atom. The van der Waals surface area contributed by atoms with Gasteiger partial charge in [-0.3, -0.25) is 0 Å². The topological polar surface area (TPSA) is 64.7 Å². The molecule has 0 unspecified atom stereocenters. The van der Waals surface area contributed by atoms with Gasteiger partial charge in [0.05, 0.1) is 5.52 Å². The van der Waals surface area contributed by atoms with Crippen molar-refractivity contribution >= 4 is 28.6 Å². The van der Waals surface area contributed by atoms with Crippen molar-refractivity contribution < 1.29 is 0 Å². The molecule has 0 aliphatic carbocycles. The molecule has 0 aromatic carbocycles. The van der Waals surface area contributed by atoms with E-state index in [2.05, 4.69) is 20.9 Å². The molecule has 0 radical (unpaired) electrons. The van der Waals surface area contributed by atoms with E-state index in [1.54, 1.807) is 12.1 Å². The first-order valence-corrected chi connectivity index (χ1v) is 4.15. The van der Waals surface area contributed by atoms with Crippen LogP contribution in [0.1, 0.15) is 5.69 Å². The van der Waals surface area contributed by atoms with Crippen LogP contribution in [-0.4, -0.2) is 15.0 Å². The SMILES string of the molecule is C#Cc1nc(N)nc2ccc(Cl)nc12. The lowest BCUT2D eigenvalue weighted by Gasteiger charge is -2.00.